The van der Waals surface area contributed by atoms with Crippen LogP contribution >= 0.6 is 0 Å². The molecule has 1 fully saturated rings. The highest BCUT2D eigenvalue weighted by Crippen LogP contribution is 2.42. The van der Waals surface area contributed by atoms with Crippen LogP contribution in [0.25, 0.3) is 5.76 Å². The highest BCUT2D eigenvalue weighted by Gasteiger charge is 2.46. The van der Waals surface area contributed by atoms with Gasteiger partial charge >= 0.3 is 0 Å². The monoisotopic (exact) mass is 411 g/mol. The maximum atomic E-state index is 13.2. The zero-order valence-corrected chi connectivity index (χ0v) is 17.9. The summed E-state index contributed by atoms with van der Waals surface area (Å²) in [6, 6.07) is 21.9. The lowest BCUT2D eigenvalue weighted by Crippen LogP contribution is -2.29. The minimum atomic E-state index is -0.701. The summed E-state index contributed by atoms with van der Waals surface area (Å²) in [5.41, 5.74) is 5.25. The molecule has 0 aromatic heterocycles. The molecule has 156 valence electrons. The first kappa shape index (κ1) is 20.6. The number of aliphatic hydroxyl groups is 1. The third kappa shape index (κ3) is 3.77. The number of benzene rings is 3. The van der Waals surface area contributed by atoms with E-state index in [0.29, 0.717) is 11.3 Å². The van der Waals surface area contributed by atoms with Gasteiger partial charge in [0.15, 0.2) is 0 Å². The minimum Gasteiger partial charge on any atom is -0.507 e. The van der Waals surface area contributed by atoms with Gasteiger partial charge < -0.3 is 5.11 Å². The Labute approximate surface area is 182 Å². The number of hydrogen-bond donors (Lipinski definition) is 1. The smallest absolute Gasteiger partial charge is 0.300 e. The SMILES string of the molecule is CCc1ccc(/C(O)=C2/C(=O)C(=O)N(c3ccc(C)cc3)C2c2cccc(C)c2)cc1. The molecule has 4 nitrogen and oxygen atoms in total. The molecule has 0 radical (unpaired) electrons. The van der Waals surface area contributed by atoms with Crippen molar-refractivity contribution >= 4 is 23.1 Å². The number of nitrogens with zero attached hydrogens (tertiary/aromatic N) is 1. The van der Waals surface area contributed by atoms with E-state index in [1.807, 2.05) is 74.5 Å². The van der Waals surface area contributed by atoms with E-state index >= 15 is 0 Å². The van der Waals surface area contributed by atoms with Crippen molar-refractivity contribution < 1.29 is 14.7 Å². The van der Waals surface area contributed by atoms with E-state index < -0.39 is 17.7 Å². The van der Waals surface area contributed by atoms with E-state index in [4.69, 9.17) is 0 Å². The van der Waals surface area contributed by atoms with Crippen LogP contribution in [0.5, 0.6) is 0 Å². The summed E-state index contributed by atoms with van der Waals surface area (Å²) in [5.74, 6) is -1.46. The van der Waals surface area contributed by atoms with E-state index in [-0.39, 0.29) is 11.3 Å². The van der Waals surface area contributed by atoms with Crippen molar-refractivity contribution in [3.63, 3.8) is 0 Å². The molecule has 0 spiro atoms. The van der Waals surface area contributed by atoms with Crippen molar-refractivity contribution in [2.24, 2.45) is 0 Å². The second kappa shape index (κ2) is 8.23. The molecule has 1 saturated heterocycles. The molecule has 1 aliphatic heterocycles. The van der Waals surface area contributed by atoms with Gasteiger partial charge in [0.2, 0.25) is 0 Å². The predicted octanol–water partition coefficient (Wildman–Crippen LogP) is 5.49. The number of ketones is 1. The summed E-state index contributed by atoms with van der Waals surface area (Å²) in [5, 5.41) is 11.2. The van der Waals surface area contributed by atoms with E-state index in [1.54, 1.807) is 12.1 Å². The molecule has 4 rings (SSSR count). The fourth-order valence-corrected chi connectivity index (χ4v) is 4.01. The van der Waals surface area contributed by atoms with E-state index in [1.165, 1.54) is 4.90 Å². The predicted molar refractivity (Wildman–Crippen MR) is 123 cm³/mol. The quantitative estimate of drug-likeness (QED) is 0.351. The molecule has 3 aromatic carbocycles. The molecule has 1 amide bonds. The lowest BCUT2D eigenvalue weighted by Gasteiger charge is -2.26. The molecule has 4 heteroatoms. The minimum absolute atomic E-state index is 0.112. The Balaban J connectivity index is 1.92. The zero-order valence-electron chi connectivity index (χ0n) is 17.9. The number of amides is 1. The van der Waals surface area contributed by atoms with E-state index in [9.17, 15) is 14.7 Å². The summed E-state index contributed by atoms with van der Waals surface area (Å²) >= 11 is 0. The third-order valence-corrected chi connectivity index (χ3v) is 5.75. The van der Waals surface area contributed by atoms with Gasteiger partial charge in [-0.15, -0.1) is 0 Å². The van der Waals surface area contributed by atoms with Gasteiger partial charge in [-0.1, -0.05) is 78.7 Å². The Morgan fingerprint density at radius 2 is 1.58 bits per heavy atom. The van der Waals surface area contributed by atoms with E-state index in [2.05, 4.69) is 6.92 Å². The Hall–Kier alpha value is -3.66. The molecule has 0 bridgehead atoms. The highest BCUT2D eigenvalue weighted by molar-refractivity contribution is 6.51. The van der Waals surface area contributed by atoms with Crippen LogP contribution in [-0.2, 0) is 16.0 Å². The van der Waals surface area contributed by atoms with Crippen molar-refractivity contribution in [2.45, 2.75) is 33.2 Å². The van der Waals surface area contributed by atoms with E-state index in [0.717, 1.165) is 28.7 Å². The van der Waals surface area contributed by atoms with Crippen molar-refractivity contribution in [2.75, 3.05) is 4.90 Å². The van der Waals surface area contributed by atoms with Crippen LogP contribution in [-0.4, -0.2) is 16.8 Å². The summed E-state index contributed by atoms with van der Waals surface area (Å²) in [4.78, 5) is 27.8. The second-order valence-electron chi connectivity index (χ2n) is 7.97. The van der Waals surface area contributed by atoms with Crippen molar-refractivity contribution in [1.82, 2.24) is 0 Å². The Bertz CT molecular complexity index is 1170. The first-order chi connectivity index (χ1) is 14.9. The van der Waals surface area contributed by atoms with Crippen LogP contribution in [0.1, 0.15) is 40.8 Å². The van der Waals surface area contributed by atoms with Gasteiger partial charge in [-0.2, -0.15) is 0 Å². The summed E-state index contributed by atoms with van der Waals surface area (Å²) < 4.78 is 0. The molecule has 31 heavy (non-hydrogen) atoms. The fourth-order valence-electron chi connectivity index (χ4n) is 4.01. The Morgan fingerprint density at radius 1 is 0.903 bits per heavy atom. The van der Waals surface area contributed by atoms with Gasteiger partial charge in [-0.25, -0.2) is 0 Å². The van der Waals surface area contributed by atoms with Crippen LogP contribution in [0, 0.1) is 13.8 Å². The van der Waals surface area contributed by atoms with Crippen LogP contribution in [0.4, 0.5) is 5.69 Å². The first-order valence-electron chi connectivity index (χ1n) is 10.4. The normalized spacial score (nSPS) is 17.9. The van der Waals surface area contributed by atoms with Crippen LogP contribution in [0.2, 0.25) is 0 Å². The highest BCUT2D eigenvalue weighted by atomic mass is 16.3. The van der Waals surface area contributed by atoms with Crippen LogP contribution in [0.15, 0.2) is 78.4 Å². The molecular weight excluding hydrogens is 386 g/mol. The Kier molecular flexibility index (Phi) is 5.47. The lowest BCUT2D eigenvalue weighted by atomic mass is 9.94. The van der Waals surface area contributed by atoms with Crippen LogP contribution < -0.4 is 4.90 Å². The van der Waals surface area contributed by atoms with Crippen molar-refractivity contribution in [1.29, 1.82) is 0 Å². The first-order valence-corrected chi connectivity index (χ1v) is 10.4. The van der Waals surface area contributed by atoms with Gasteiger partial charge in [-0.05, 0) is 43.5 Å². The maximum Gasteiger partial charge on any atom is 0.300 e. The van der Waals surface area contributed by atoms with Crippen LogP contribution in [0.3, 0.4) is 0 Å². The Morgan fingerprint density at radius 3 is 2.19 bits per heavy atom. The molecule has 0 aliphatic carbocycles. The van der Waals surface area contributed by atoms with Gasteiger partial charge in [0.25, 0.3) is 11.7 Å². The largest absolute Gasteiger partial charge is 0.507 e. The number of anilines is 1. The number of hydrogen-bond acceptors (Lipinski definition) is 3. The zero-order chi connectivity index (χ0) is 22.1. The summed E-state index contributed by atoms with van der Waals surface area (Å²) in [6.45, 7) is 5.99. The number of Topliss-reactive ketones (excluding diaryl/α,β-unsaturated/α-hetero) is 1. The maximum absolute atomic E-state index is 13.2. The lowest BCUT2D eigenvalue weighted by molar-refractivity contribution is -0.132. The average molecular weight is 412 g/mol. The van der Waals surface area contributed by atoms with Gasteiger partial charge in [0, 0.05) is 11.3 Å². The molecule has 1 unspecified atom stereocenters. The van der Waals surface area contributed by atoms with Crippen molar-refractivity contribution in [3.05, 3.63) is 106 Å². The van der Waals surface area contributed by atoms with Gasteiger partial charge in [0.1, 0.15) is 5.76 Å². The number of carbonyl (C=O) groups excluding carboxylic acids is 2. The standard InChI is InChI=1S/C27H25NO3/c1-4-19-10-12-20(13-11-19)25(29)23-24(21-7-5-6-18(3)16-21)28(27(31)26(23)30)22-14-8-17(2)9-15-22/h5-16,24,29H,4H2,1-3H3/b25-23-. The molecule has 1 N–H and O–H groups in total. The number of carbonyl (C=O) groups is 2. The molecule has 1 aliphatic rings. The molecule has 1 heterocycles. The summed E-state index contributed by atoms with van der Waals surface area (Å²) in [6.07, 6.45) is 0.877. The second-order valence-corrected chi connectivity index (χ2v) is 7.97. The topological polar surface area (TPSA) is 57.6 Å². The van der Waals surface area contributed by atoms with Gasteiger partial charge in [-0.3, -0.25) is 14.5 Å². The molecular formula is C27H25NO3. The molecule has 0 saturated carbocycles. The number of rotatable bonds is 4. The van der Waals surface area contributed by atoms with Crippen molar-refractivity contribution in [3.8, 4) is 0 Å². The fraction of sp³-hybridized carbons (Fsp3) is 0.185. The number of aryl methyl sites for hydroxylation is 3. The number of aliphatic hydroxyl groups excluding tert-OH is 1. The third-order valence-electron chi connectivity index (χ3n) is 5.75. The molecule has 1 atom stereocenters. The summed E-state index contributed by atoms with van der Waals surface area (Å²) in [7, 11) is 0. The molecule has 3 aromatic rings. The van der Waals surface area contributed by atoms with Gasteiger partial charge in [0.05, 0.1) is 11.6 Å². The average Bonchev–Trinajstić information content (AvgIpc) is 3.04.